The lowest BCUT2D eigenvalue weighted by molar-refractivity contribution is 0.181. The summed E-state index contributed by atoms with van der Waals surface area (Å²) in [6.07, 6.45) is 5.56. The molecule has 0 aliphatic carbocycles. The molecular formula is C11H17NO. The molecular weight excluding hydrogens is 162 g/mol. The fourth-order valence-electron chi connectivity index (χ4n) is 1.22. The van der Waals surface area contributed by atoms with Crippen LogP contribution in [-0.2, 0) is 17.8 Å². The minimum atomic E-state index is 0.605. The fraction of sp³-hybridized carbons (Fsp3) is 0.545. The number of aromatic nitrogens is 1. The number of hydrogen-bond donors (Lipinski definition) is 0. The van der Waals surface area contributed by atoms with Gasteiger partial charge in [-0.3, -0.25) is 4.98 Å². The maximum absolute atomic E-state index is 4.99. The first-order valence-electron chi connectivity index (χ1n) is 4.79. The van der Waals surface area contributed by atoms with Crippen molar-refractivity contribution < 1.29 is 4.74 Å². The molecule has 2 nitrogen and oxygen atoms in total. The SMILES string of the molecule is CCCCc1ccc(COC)nc1. The maximum Gasteiger partial charge on any atom is 0.0884 e. The second-order valence-corrected chi connectivity index (χ2v) is 3.19. The van der Waals surface area contributed by atoms with Crippen LogP contribution in [0.1, 0.15) is 31.0 Å². The average molecular weight is 179 g/mol. The van der Waals surface area contributed by atoms with Crippen molar-refractivity contribution in [3.8, 4) is 0 Å². The number of aryl methyl sites for hydroxylation is 1. The van der Waals surface area contributed by atoms with Gasteiger partial charge in [0.1, 0.15) is 0 Å². The predicted octanol–water partition coefficient (Wildman–Crippen LogP) is 2.57. The summed E-state index contributed by atoms with van der Waals surface area (Å²) in [5.74, 6) is 0. The molecule has 1 aromatic heterocycles. The maximum atomic E-state index is 4.99. The van der Waals surface area contributed by atoms with Crippen LogP contribution in [-0.4, -0.2) is 12.1 Å². The van der Waals surface area contributed by atoms with Gasteiger partial charge < -0.3 is 4.74 Å². The van der Waals surface area contributed by atoms with Gasteiger partial charge in [0.15, 0.2) is 0 Å². The highest BCUT2D eigenvalue weighted by molar-refractivity contribution is 5.13. The molecule has 0 unspecified atom stereocenters. The molecule has 1 rings (SSSR count). The van der Waals surface area contributed by atoms with Gasteiger partial charge in [-0.25, -0.2) is 0 Å². The van der Waals surface area contributed by atoms with Crippen LogP contribution in [0.5, 0.6) is 0 Å². The van der Waals surface area contributed by atoms with Crippen molar-refractivity contribution in [1.29, 1.82) is 0 Å². The molecule has 0 saturated carbocycles. The summed E-state index contributed by atoms with van der Waals surface area (Å²) in [5, 5.41) is 0. The smallest absolute Gasteiger partial charge is 0.0884 e. The van der Waals surface area contributed by atoms with Crippen LogP contribution in [0, 0.1) is 0 Å². The molecule has 0 amide bonds. The Hall–Kier alpha value is -0.890. The molecule has 0 bridgehead atoms. The van der Waals surface area contributed by atoms with E-state index in [1.54, 1.807) is 7.11 Å². The molecule has 1 aromatic rings. The third kappa shape index (κ3) is 3.55. The minimum absolute atomic E-state index is 0.605. The Kier molecular flexibility index (Phi) is 4.47. The summed E-state index contributed by atoms with van der Waals surface area (Å²) in [5.41, 5.74) is 2.32. The van der Waals surface area contributed by atoms with Gasteiger partial charge in [0, 0.05) is 13.3 Å². The molecule has 13 heavy (non-hydrogen) atoms. The van der Waals surface area contributed by atoms with Crippen LogP contribution < -0.4 is 0 Å². The summed E-state index contributed by atoms with van der Waals surface area (Å²) >= 11 is 0. The van der Waals surface area contributed by atoms with Gasteiger partial charge in [-0.05, 0) is 24.5 Å². The zero-order valence-corrected chi connectivity index (χ0v) is 8.42. The predicted molar refractivity (Wildman–Crippen MR) is 53.6 cm³/mol. The van der Waals surface area contributed by atoms with E-state index in [0.717, 1.165) is 12.1 Å². The van der Waals surface area contributed by atoms with E-state index in [4.69, 9.17) is 4.74 Å². The molecule has 0 aliphatic rings. The molecule has 0 aliphatic heterocycles. The second-order valence-electron chi connectivity index (χ2n) is 3.19. The first-order chi connectivity index (χ1) is 6.36. The quantitative estimate of drug-likeness (QED) is 0.693. The standard InChI is InChI=1S/C11H17NO/c1-3-4-5-10-6-7-11(9-13-2)12-8-10/h6-8H,3-5,9H2,1-2H3. The van der Waals surface area contributed by atoms with E-state index < -0.39 is 0 Å². The lowest BCUT2D eigenvalue weighted by Gasteiger charge is -2.01. The highest BCUT2D eigenvalue weighted by Crippen LogP contribution is 2.05. The number of methoxy groups -OCH3 is 1. The Morgan fingerprint density at radius 3 is 2.77 bits per heavy atom. The number of pyridine rings is 1. The molecule has 0 saturated heterocycles. The highest BCUT2D eigenvalue weighted by atomic mass is 16.5. The van der Waals surface area contributed by atoms with Gasteiger partial charge in [-0.15, -0.1) is 0 Å². The first-order valence-corrected chi connectivity index (χ1v) is 4.79. The monoisotopic (exact) mass is 179 g/mol. The van der Waals surface area contributed by atoms with Gasteiger partial charge in [0.25, 0.3) is 0 Å². The molecule has 0 fully saturated rings. The summed E-state index contributed by atoms with van der Waals surface area (Å²) < 4.78 is 4.99. The summed E-state index contributed by atoms with van der Waals surface area (Å²) in [4.78, 5) is 4.30. The van der Waals surface area contributed by atoms with E-state index in [-0.39, 0.29) is 0 Å². The molecule has 1 heterocycles. The van der Waals surface area contributed by atoms with Crippen LogP contribution in [0.4, 0.5) is 0 Å². The summed E-state index contributed by atoms with van der Waals surface area (Å²) in [6.45, 7) is 2.81. The van der Waals surface area contributed by atoms with Gasteiger partial charge in [-0.1, -0.05) is 19.4 Å². The summed E-state index contributed by atoms with van der Waals surface area (Å²) in [7, 11) is 1.69. The zero-order valence-electron chi connectivity index (χ0n) is 8.42. The second kappa shape index (κ2) is 5.70. The zero-order chi connectivity index (χ0) is 9.52. The van der Waals surface area contributed by atoms with Crippen molar-refractivity contribution in [2.45, 2.75) is 32.8 Å². The molecule has 0 radical (unpaired) electrons. The van der Waals surface area contributed by atoms with Crippen LogP contribution in [0.25, 0.3) is 0 Å². The molecule has 0 atom stereocenters. The van der Waals surface area contributed by atoms with Crippen molar-refractivity contribution in [2.75, 3.05) is 7.11 Å². The number of hydrogen-bond acceptors (Lipinski definition) is 2. The van der Waals surface area contributed by atoms with E-state index in [2.05, 4.69) is 18.0 Å². The third-order valence-corrected chi connectivity index (χ3v) is 2.00. The minimum Gasteiger partial charge on any atom is -0.378 e. The lowest BCUT2D eigenvalue weighted by Crippen LogP contribution is -1.93. The van der Waals surface area contributed by atoms with Gasteiger partial charge in [0.05, 0.1) is 12.3 Å². The third-order valence-electron chi connectivity index (χ3n) is 2.00. The van der Waals surface area contributed by atoms with Gasteiger partial charge in [0.2, 0.25) is 0 Å². The largest absolute Gasteiger partial charge is 0.378 e. The molecule has 0 spiro atoms. The van der Waals surface area contributed by atoms with E-state index in [1.807, 2.05) is 12.3 Å². The van der Waals surface area contributed by atoms with Crippen molar-refractivity contribution in [1.82, 2.24) is 4.98 Å². The number of rotatable bonds is 5. The number of ether oxygens (including phenoxy) is 1. The van der Waals surface area contributed by atoms with Crippen LogP contribution in [0.15, 0.2) is 18.3 Å². The van der Waals surface area contributed by atoms with Gasteiger partial charge >= 0.3 is 0 Å². The van der Waals surface area contributed by atoms with Gasteiger partial charge in [-0.2, -0.15) is 0 Å². The van der Waals surface area contributed by atoms with E-state index in [0.29, 0.717) is 6.61 Å². The topological polar surface area (TPSA) is 22.1 Å². The van der Waals surface area contributed by atoms with Crippen molar-refractivity contribution in [3.05, 3.63) is 29.6 Å². The van der Waals surface area contributed by atoms with Crippen molar-refractivity contribution >= 4 is 0 Å². The van der Waals surface area contributed by atoms with Crippen molar-refractivity contribution in [2.24, 2.45) is 0 Å². The Morgan fingerprint density at radius 2 is 2.23 bits per heavy atom. The lowest BCUT2D eigenvalue weighted by atomic mass is 10.1. The Morgan fingerprint density at radius 1 is 1.38 bits per heavy atom. The van der Waals surface area contributed by atoms with E-state index in [9.17, 15) is 0 Å². The molecule has 72 valence electrons. The fourth-order valence-corrected chi connectivity index (χ4v) is 1.22. The Labute approximate surface area is 80.0 Å². The highest BCUT2D eigenvalue weighted by Gasteiger charge is 1.94. The van der Waals surface area contributed by atoms with Crippen LogP contribution >= 0.6 is 0 Å². The van der Waals surface area contributed by atoms with Crippen LogP contribution in [0.3, 0.4) is 0 Å². The molecule has 2 heteroatoms. The number of unbranched alkanes of at least 4 members (excludes halogenated alkanes) is 1. The van der Waals surface area contributed by atoms with E-state index >= 15 is 0 Å². The van der Waals surface area contributed by atoms with Crippen molar-refractivity contribution in [3.63, 3.8) is 0 Å². The average Bonchev–Trinajstić information content (AvgIpc) is 2.17. The number of nitrogens with zero attached hydrogens (tertiary/aromatic N) is 1. The first kappa shape index (κ1) is 10.2. The Balaban J connectivity index is 2.48. The molecule has 0 N–H and O–H groups in total. The summed E-state index contributed by atoms with van der Waals surface area (Å²) in [6, 6.07) is 4.17. The normalized spacial score (nSPS) is 10.3. The Bertz CT molecular complexity index is 230. The molecule has 0 aromatic carbocycles. The van der Waals surface area contributed by atoms with E-state index in [1.165, 1.54) is 18.4 Å². The van der Waals surface area contributed by atoms with Crippen LogP contribution in [0.2, 0.25) is 0 Å².